The molecule has 3 heteroatoms. The van der Waals surface area contributed by atoms with Crippen LogP contribution in [0.4, 0.5) is 0 Å². The molecule has 1 rings (SSSR count). The molecular weight excluding hydrogens is 138 g/mol. The normalized spacial score (nSPS) is 29.3. The lowest BCUT2D eigenvalue weighted by molar-refractivity contribution is 0.429. The molecule has 60 valence electrons. The van der Waals surface area contributed by atoms with Gasteiger partial charge in [-0.25, -0.2) is 0 Å². The van der Waals surface area contributed by atoms with E-state index in [0.29, 0.717) is 0 Å². The average Bonchev–Trinajstić information content (AvgIpc) is 2.07. The van der Waals surface area contributed by atoms with Crippen molar-refractivity contribution in [2.45, 2.75) is 6.92 Å². The van der Waals surface area contributed by atoms with Gasteiger partial charge in [-0.05, 0) is 6.92 Å². The molecule has 0 aromatic rings. The van der Waals surface area contributed by atoms with Crippen molar-refractivity contribution in [3.63, 3.8) is 0 Å². The molecule has 0 atom stereocenters. The Morgan fingerprint density at radius 1 is 1.45 bits per heavy atom. The van der Waals surface area contributed by atoms with Gasteiger partial charge in [-0.1, -0.05) is 0 Å². The second-order valence-electron chi connectivity index (χ2n) is 2.55. The van der Waals surface area contributed by atoms with E-state index in [9.17, 15) is 0 Å². The SMILES string of the molecule is C\C1=C/N=C\C=N\CCN1C. The van der Waals surface area contributed by atoms with Crippen molar-refractivity contribution in [2.24, 2.45) is 9.98 Å². The second kappa shape index (κ2) is 3.91. The smallest absolute Gasteiger partial charge is 0.0565 e. The Bertz CT molecular complexity index is 203. The van der Waals surface area contributed by atoms with Crippen molar-refractivity contribution in [3.8, 4) is 0 Å². The van der Waals surface area contributed by atoms with Crippen LogP contribution in [0.15, 0.2) is 21.9 Å². The Morgan fingerprint density at radius 3 is 3.09 bits per heavy atom. The topological polar surface area (TPSA) is 28.0 Å². The molecule has 0 aliphatic carbocycles. The first-order valence-electron chi connectivity index (χ1n) is 3.70. The predicted octanol–water partition coefficient (Wildman–Crippen LogP) is 0.935. The number of rotatable bonds is 0. The van der Waals surface area contributed by atoms with E-state index in [-0.39, 0.29) is 0 Å². The lowest BCUT2D eigenvalue weighted by atomic mass is 10.4. The van der Waals surface area contributed by atoms with Gasteiger partial charge in [-0.2, -0.15) is 0 Å². The number of hydrogen-bond donors (Lipinski definition) is 0. The molecule has 3 nitrogen and oxygen atoms in total. The van der Waals surface area contributed by atoms with Crippen molar-refractivity contribution < 1.29 is 0 Å². The molecule has 0 saturated heterocycles. The highest BCUT2D eigenvalue weighted by atomic mass is 15.1. The third-order valence-electron chi connectivity index (χ3n) is 1.69. The Kier molecular flexibility index (Phi) is 2.83. The van der Waals surface area contributed by atoms with Gasteiger partial charge in [0, 0.05) is 37.9 Å². The molecule has 1 heterocycles. The minimum absolute atomic E-state index is 0.841. The Labute approximate surface area is 67.1 Å². The summed E-state index contributed by atoms with van der Waals surface area (Å²) in [7, 11) is 2.04. The highest BCUT2D eigenvalue weighted by molar-refractivity contribution is 6.16. The van der Waals surface area contributed by atoms with E-state index in [1.807, 2.05) is 20.2 Å². The van der Waals surface area contributed by atoms with Crippen LogP contribution >= 0.6 is 0 Å². The first-order chi connectivity index (χ1) is 5.30. The molecule has 0 fully saturated rings. The summed E-state index contributed by atoms with van der Waals surface area (Å²) in [6, 6.07) is 0. The summed E-state index contributed by atoms with van der Waals surface area (Å²) >= 11 is 0. The number of nitrogens with zero attached hydrogens (tertiary/aromatic N) is 3. The molecule has 0 aromatic heterocycles. The van der Waals surface area contributed by atoms with Crippen molar-refractivity contribution in [1.82, 2.24) is 4.90 Å². The van der Waals surface area contributed by atoms with E-state index in [2.05, 4.69) is 14.9 Å². The first kappa shape index (κ1) is 7.98. The van der Waals surface area contributed by atoms with Gasteiger partial charge in [0.05, 0.1) is 6.54 Å². The van der Waals surface area contributed by atoms with E-state index in [1.165, 1.54) is 5.70 Å². The maximum atomic E-state index is 4.13. The average molecular weight is 151 g/mol. The molecule has 0 spiro atoms. The summed E-state index contributed by atoms with van der Waals surface area (Å²) in [5, 5.41) is 0. The van der Waals surface area contributed by atoms with E-state index >= 15 is 0 Å². The largest absolute Gasteiger partial charge is 0.375 e. The summed E-state index contributed by atoms with van der Waals surface area (Å²) in [5.41, 5.74) is 1.17. The zero-order valence-electron chi connectivity index (χ0n) is 6.99. The minimum atomic E-state index is 0.841. The van der Waals surface area contributed by atoms with E-state index < -0.39 is 0 Å². The number of aliphatic imine (C=N–C) groups is 2. The number of likely N-dealkylation sites (N-methyl/N-ethyl adjacent to an activating group) is 1. The van der Waals surface area contributed by atoms with E-state index in [4.69, 9.17) is 0 Å². The van der Waals surface area contributed by atoms with Crippen LogP contribution in [0.1, 0.15) is 6.92 Å². The monoisotopic (exact) mass is 151 g/mol. The van der Waals surface area contributed by atoms with E-state index in [0.717, 1.165) is 13.1 Å². The highest BCUT2D eigenvalue weighted by Crippen LogP contribution is 1.99. The summed E-state index contributed by atoms with van der Waals surface area (Å²) in [6.07, 6.45) is 5.29. The molecule has 0 unspecified atom stereocenters. The molecule has 0 saturated carbocycles. The highest BCUT2D eigenvalue weighted by Gasteiger charge is 1.96. The summed E-state index contributed by atoms with van der Waals surface area (Å²) in [4.78, 5) is 10.3. The van der Waals surface area contributed by atoms with Crippen LogP contribution in [0.3, 0.4) is 0 Å². The molecule has 0 N–H and O–H groups in total. The summed E-state index contributed by atoms with van der Waals surface area (Å²) < 4.78 is 0. The Hall–Kier alpha value is -1.12. The molecule has 0 aromatic carbocycles. The van der Waals surface area contributed by atoms with Gasteiger partial charge in [-0.3, -0.25) is 9.98 Å². The van der Waals surface area contributed by atoms with Crippen molar-refractivity contribution >= 4 is 12.4 Å². The van der Waals surface area contributed by atoms with Gasteiger partial charge in [-0.15, -0.1) is 0 Å². The van der Waals surface area contributed by atoms with Crippen molar-refractivity contribution in [2.75, 3.05) is 20.1 Å². The molecular formula is C8H13N3. The molecule has 0 radical (unpaired) electrons. The van der Waals surface area contributed by atoms with Crippen molar-refractivity contribution in [1.29, 1.82) is 0 Å². The fourth-order valence-electron chi connectivity index (χ4n) is 0.794. The molecule has 0 bridgehead atoms. The summed E-state index contributed by atoms with van der Waals surface area (Å²) in [5.74, 6) is 0. The third kappa shape index (κ3) is 2.53. The quantitative estimate of drug-likeness (QED) is 0.506. The number of hydrogen-bond acceptors (Lipinski definition) is 3. The number of allylic oxidation sites excluding steroid dienone is 1. The standard InChI is InChI=1S/C8H13N3/c1-8-7-10-4-3-9-5-6-11(8)2/h3-4,7H,5-6H2,1-2H3/b8-7+,9-3+,10-4-. The van der Waals surface area contributed by atoms with Crippen LogP contribution in [0.25, 0.3) is 0 Å². The van der Waals surface area contributed by atoms with Crippen LogP contribution in [-0.2, 0) is 0 Å². The van der Waals surface area contributed by atoms with E-state index in [1.54, 1.807) is 12.4 Å². The fourth-order valence-corrected chi connectivity index (χ4v) is 0.794. The Morgan fingerprint density at radius 2 is 2.27 bits per heavy atom. The predicted molar refractivity (Wildman–Crippen MR) is 48.2 cm³/mol. The lowest BCUT2D eigenvalue weighted by Crippen LogP contribution is -2.19. The van der Waals surface area contributed by atoms with Gasteiger partial charge in [0.15, 0.2) is 0 Å². The minimum Gasteiger partial charge on any atom is -0.375 e. The molecule has 1 aliphatic rings. The van der Waals surface area contributed by atoms with Crippen LogP contribution in [0, 0.1) is 0 Å². The molecule has 11 heavy (non-hydrogen) atoms. The maximum Gasteiger partial charge on any atom is 0.0565 e. The van der Waals surface area contributed by atoms with Crippen LogP contribution in [0.2, 0.25) is 0 Å². The zero-order chi connectivity index (χ0) is 8.10. The second-order valence-corrected chi connectivity index (χ2v) is 2.55. The lowest BCUT2D eigenvalue weighted by Gasteiger charge is -2.16. The first-order valence-corrected chi connectivity index (χ1v) is 3.70. The van der Waals surface area contributed by atoms with Gasteiger partial charge < -0.3 is 4.90 Å². The molecule has 1 aliphatic heterocycles. The van der Waals surface area contributed by atoms with Crippen LogP contribution in [-0.4, -0.2) is 37.5 Å². The van der Waals surface area contributed by atoms with Gasteiger partial charge >= 0.3 is 0 Å². The zero-order valence-corrected chi connectivity index (χ0v) is 6.99. The fraction of sp³-hybridized carbons (Fsp3) is 0.500. The van der Waals surface area contributed by atoms with Crippen LogP contribution in [0.5, 0.6) is 0 Å². The van der Waals surface area contributed by atoms with Gasteiger partial charge in [0.25, 0.3) is 0 Å². The third-order valence-corrected chi connectivity index (χ3v) is 1.69. The summed E-state index contributed by atoms with van der Waals surface area (Å²) in [6.45, 7) is 3.85. The van der Waals surface area contributed by atoms with Gasteiger partial charge in [0.2, 0.25) is 0 Å². The van der Waals surface area contributed by atoms with Crippen molar-refractivity contribution in [3.05, 3.63) is 11.9 Å². The maximum absolute atomic E-state index is 4.13. The molecule has 0 amide bonds. The van der Waals surface area contributed by atoms with Crippen LogP contribution < -0.4 is 0 Å². The Balaban J connectivity index is 2.69. The van der Waals surface area contributed by atoms with Gasteiger partial charge in [0.1, 0.15) is 0 Å².